The molecule has 0 bridgehead atoms. The second-order valence-corrected chi connectivity index (χ2v) is 9.97. The van der Waals surface area contributed by atoms with Crippen LogP contribution in [-0.2, 0) is 5.75 Å². The van der Waals surface area contributed by atoms with E-state index in [0.29, 0.717) is 10.9 Å². The molecule has 0 unspecified atom stereocenters. The van der Waals surface area contributed by atoms with Crippen LogP contribution in [0.4, 0.5) is 0 Å². The van der Waals surface area contributed by atoms with Gasteiger partial charge in [-0.2, -0.15) is 5.10 Å². The van der Waals surface area contributed by atoms with E-state index in [9.17, 15) is 4.79 Å². The molecular weight excluding hydrogens is 450 g/mol. The van der Waals surface area contributed by atoms with Crippen LogP contribution in [-0.4, -0.2) is 44.1 Å². The maximum atomic E-state index is 12.9. The number of halogens is 1. The lowest BCUT2D eigenvalue weighted by Crippen LogP contribution is -2.37. The second-order valence-electron chi connectivity index (χ2n) is 7.51. The van der Waals surface area contributed by atoms with Crippen LogP contribution in [0.2, 0.25) is 5.02 Å². The number of aromatic amines is 1. The van der Waals surface area contributed by atoms with Gasteiger partial charge >= 0.3 is 0 Å². The van der Waals surface area contributed by atoms with Gasteiger partial charge in [0.25, 0.3) is 5.91 Å². The van der Waals surface area contributed by atoms with Crippen molar-refractivity contribution < 1.29 is 4.79 Å². The van der Waals surface area contributed by atoms with Gasteiger partial charge in [0.15, 0.2) is 5.16 Å². The first-order valence-corrected chi connectivity index (χ1v) is 12.3. The van der Waals surface area contributed by atoms with Crippen molar-refractivity contribution in [3.63, 3.8) is 0 Å². The van der Waals surface area contributed by atoms with Gasteiger partial charge in [0.05, 0.1) is 15.2 Å². The number of hydrogen-bond acceptors (Lipinski definition) is 6. The van der Waals surface area contributed by atoms with E-state index in [-0.39, 0.29) is 5.91 Å². The minimum absolute atomic E-state index is 0.101. The van der Waals surface area contributed by atoms with Crippen LogP contribution in [0.15, 0.2) is 53.9 Å². The molecule has 1 saturated heterocycles. The number of hydrogen-bond donors (Lipinski definition) is 1. The highest BCUT2D eigenvalue weighted by Crippen LogP contribution is 2.35. The first-order valence-electron chi connectivity index (χ1n) is 10.1. The molecule has 3 heterocycles. The Hall–Kier alpha value is -2.42. The third kappa shape index (κ3) is 4.61. The van der Waals surface area contributed by atoms with Gasteiger partial charge in [-0.15, -0.1) is 11.3 Å². The summed E-state index contributed by atoms with van der Waals surface area (Å²) in [6.07, 6.45) is 3.37. The Labute approximate surface area is 193 Å². The normalized spacial score (nSPS) is 14.9. The van der Waals surface area contributed by atoms with E-state index < -0.39 is 0 Å². The largest absolute Gasteiger partial charge is 0.339 e. The quantitative estimate of drug-likeness (QED) is 0.397. The third-order valence-corrected chi connectivity index (χ3v) is 7.85. The van der Waals surface area contributed by atoms with Crippen LogP contribution >= 0.6 is 34.7 Å². The Morgan fingerprint density at radius 2 is 2.00 bits per heavy atom. The molecule has 2 aromatic heterocycles. The van der Waals surface area contributed by atoms with E-state index in [0.717, 1.165) is 58.5 Å². The van der Waals surface area contributed by atoms with Crippen LogP contribution in [0.5, 0.6) is 0 Å². The lowest BCUT2D eigenvalue weighted by atomic mass is 9.97. The van der Waals surface area contributed by atoms with E-state index in [2.05, 4.69) is 15.2 Å². The number of H-pyrrole nitrogens is 1. The molecule has 9 heteroatoms. The zero-order chi connectivity index (χ0) is 21.2. The van der Waals surface area contributed by atoms with Crippen molar-refractivity contribution in [2.45, 2.75) is 29.7 Å². The number of benzene rings is 2. The average Bonchev–Trinajstić information content (AvgIpc) is 3.47. The number of amides is 1. The average molecular weight is 470 g/mol. The molecule has 1 fully saturated rings. The molecule has 4 aromatic rings. The van der Waals surface area contributed by atoms with Gasteiger partial charge in [-0.25, -0.2) is 9.97 Å². The van der Waals surface area contributed by atoms with Crippen molar-refractivity contribution in [3.05, 3.63) is 69.9 Å². The van der Waals surface area contributed by atoms with E-state index >= 15 is 0 Å². The van der Waals surface area contributed by atoms with Gasteiger partial charge in [-0.3, -0.25) is 9.89 Å². The lowest BCUT2D eigenvalue weighted by Gasteiger charge is -2.31. The molecular formula is C22H20ClN5OS2. The van der Waals surface area contributed by atoms with Crippen molar-refractivity contribution in [3.8, 4) is 0 Å². The second kappa shape index (κ2) is 8.98. The lowest BCUT2D eigenvalue weighted by molar-refractivity contribution is 0.0713. The fraction of sp³-hybridized carbons (Fsp3) is 0.273. The molecule has 1 aliphatic heterocycles. The van der Waals surface area contributed by atoms with E-state index in [1.165, 1.54) is 11.0 Å². The molecule has 0 radical (unpaired) electrons. The number of nitrogens with zero attached hydrogens (tertiary/aromatic N) is 4. The summed E-state index contributed by atoms with van der Waals surface area (Å²) in [5.74, 6) is 1.28. The summed E-state index contributed by atoms with van der Waals surface area (Å²) in [5.41, 5.74) is 2.85. The van der Waals surface area contributed by atoms with Gasteiger partial charge in [0.2, 0.25) is 0 Å². The number of aromatic nitrogens is 4. The number of rotatable bonds is 5. The fourth-order valence-electron chi connectivity index (χ4n) is 3.76. The summed E-state index contributed by atoms with van der Waals surface area (Å²) >= 11 is 9.41. The van der Waals surface area contributed by atoms with Gasteiger partial charge in [-0.1, -0.05) is 35.5 Å². The molecule has 6 nitrogen and oxygen atoms in total. The molecule has 1 amide bonds. The van der Waals surface area contributed by atoms with Crippen LogP contribution < -0.4 is 0 Å². The van der Waals surface area contributed by atoms with Gasteiger partial charge < -0.3 is 4.90 Å². The van der Waals surface area contributed by atoms with Crippen LogP contribution in [0.25, 0.3) is 10.2 Å². The monoisotopic (exact) mass is 469 g/mol. The summed E-state index contributed by atoms with van der Waals surface area (Å²) in [4.78, 5) is 23.8. The van der Waals surface area contributed by atoms with Crippen LogP contribution in [0.3, 0.4) is 0 Å². The number of piperidine rings is 1. The highest BCUT2D eigenvalue weighted by atomic mass is 35.5. The minimum atomic E-state index is 0.101. The van der Waals surface area contributed by atoms with Crippen LogP contribution in [0.1, 0.15) is 39.7 Å². The maximum absolute atomic E-state index is 12.9. The maximum Gasteiger partial charge on any atom is 0.253 e. The summed E-state index contributed by atoms with van der Waals surface area (Å²) in [7, 11) is 0. The predicted octanol–water partition coefficient (Wildman–Crippen LogP) is 5.38. The number of fused-ring (bicyclic) bond motifs is 1. The van der Waals surface area contributed by atoms with Crippen molar-refractivity contribution in [1.82, 2.24) is 25.1 Å². The van der Waals surface area contributed by atoms with Gasteiger partial charge in [0, 0.05) is 35.3 Å². The first-order chi connectivity index (χ1) is 15.2. The molecule has 5 rings (SSSR count). The smallest absolute Gasteiger partial charge is 0.253 e. The number of likely N-dealkylation sites (tertiary alicyclic amines) is 1. The number of nitrogens with one attached hydrogen (secondary N) is 1. The Morgan fingerprint density at radius 1 is 1.19 bits per heavy atom. The summed E-state index contributed by atoms with van der Waals surface area (Å²) in [6.45, 7) is 1.51. The molecule has 31 heavy (non-hydrogen) atoms. The molecule has 0 spiro atoms. The number of thiazole rings is 1. The van der Waals surface area contributed by atoms with Gasteiger partial charge in [-0.05, 0) is 48.7 Å². The Bertz CT molecular complexity index is 1180. The molecule has 0 aliphatic carbocycles. The summed E-state index contributed by atoms with van der Waals surface area (Å²) < 4.78 is 1.17. The number of thioether (sulfide) groups is 1. The Kier molecular flexibility index (Phi) is 5.93. The Balaban J connectivity index is 1.18. The minimum Gasteiger partial charge on any atom is -0.339 e. The zero-order valence-electron chi connectivity index (χ0n) is 16.6. The van der Waals surface area contributed by atoms with Crippen molar-refractivity contribution >= 4 is 50.8 Å². The van der Waals surface area contributed by atoms with E-state index in [4.69, 9.17) is 16.6 Å². The molecule has 1 aliphatic rings. The third-order valence-electron chi connectivity index (χ3n) is 5.47. The summed E-state index contributed by atoms with van der Waals surface area (Å²) in [6, 6.07) is 13.7. The van der Waals surface area contributed by atoms with Crippen molar-refractivity contribution in [2.24, 2.45) is 0 Å². The zero-order valence-corrected chi connectivity index (χ0v) is 19.0. The highest BCUT2D eigenvalue weighted by molar-refractivity contribution is 7.98. The van der Waals surface area contributed by atoms with Gasteiger partial charge in [0.1, 0.15) is 6.33 Å². The molecule has 158 valence electrons. The predicted molar refractivity (Wildman–Crippen MR) is 125 cm³/mol. The fourth-order valence-corrected chi connectivity index (χ4v) is 5.78. The molecule has 2 aromatic carbocycles. The highest BCUT2D eigenvalue weighted by Gasteiger charge is 2.26. The SMILES string of the molecule is O=C(c1ccc(CSc2ncn[nH]2)cc1)N1CCC(c2nc3cc(Cl)ccc3s2)CC1. The molecule has 1 N–H and O–H groups in total. The van der Waals surface area contributed by atoms with Crippen molar-refractivity contribution in [2.75, 3.05) is 13.1 Å². The Morgan fingerprint density at radius 3 is 2.74 bits per heavy atom. The molecule has 0 atom stereocenters. The first kappa shape index (κ1) is 20.5. The van der Waals surface area contributed by atoms with Crippen LogP contribution in [0, 0.1) is 0 Å². The van der Waals surface area contributed by atoms with E-state index in [1.807, 2.05) is 47.4 Å². The standard InChI is InChI=1S/C22H20ClN5OS2/c23-17-5-6-19-18(11-17)26-20(31-19)15-7-9-28(10-8-15)21(29)16-3-1-14(2-4-16)12-30-22-24-13-25-27-22/h1-6,11,13,15H,7-10,12H2,(H,24,25,27). The van der Waals surface area contributed by atoms with Crippen molar-refractivity contribution in [1.29, 1.82) is 0 Å². The topological polar surface area (TPSA) is 74.8 Å². The number of carbonyl (C=O) groups is 1. The van der Waals surface area contributed by atoms with E-state index in [1.54, 1.807) is 23.1 Å². The number of carbonyl (C=O) groups excluding carboxylic acids is 1. The molecule has 0 saturated carbocycles. The summed E-state index contributed by atoms with van der Waals surface area (Å²) in [5, 5.41) is 9.34.